The highest BCUT2D eigenvalue weighted by molar-refractivity contribution is 7.08. The first-order chi connectivity index (χ1) is 13.6. The Bertz CT molecular complexity index is 1030. The summed E-state index contributed by atoms with van der Waals surface area (Å²) in [6.07, 6.45) is 3.39. The Morgan fingerprint density at radius 1 is 1.00 bits per heavy atom. The summed E-state index contributed by atoms with van der Waals surface area (Å²) in [6.45, 7) is 0. The number of hydrogen-bond donors (Lipinski definition) is 2. The summed E-state index contributed by atoms with van der Waals surface area (Å²) in [6, 6.07) is 11.9. The third kappa shape index (κ3) is 3.97. The molecule has 0 saturated heterocycles. The standard InChI is InChI=1S/C22H19FN2O2S/c23-19-8-6-17(12-20(19)25-22(27)15-9-10-28-13-15)24-16-5-7-18-14(11-16)3-1-2-4-21(18)26/h5-13,24H,1-4H2,(H,25,27). The molecule has 4 rings (SSSR count). The van der Waals surface area contributed by atoms with Gasteiger partial charge in [-0.1, -0.05) is 0 Å². The second-order valence-electron chi connectivity index (χ2n) is 6.79. The number of carbonyl (C=O) groups is 2. The van der Waals surface area contributed by atoms with Gasteiger partial charge in [0.25, 0.3) is 5.91 Å². The van der Waals surface area contributed by atoms with E-state index in [1.54, 1.807) is 29.0 Å². The molecule has 0 unspecified atom stereocenters. The number of Topliss-reactive ketones (excluding diaryl/α,β-unsaturated/α-hetero) is 1. The van der Waals surface area contributed by atoms with E-state index in [4.69, 9.17) is 0 Å². The highest BCUT2D eigenvalue weighted by Gasteiger charge is 2.16. The summed E-state index contributed by atoms with van der Waals surface area (Å²) < 4.78 is 14.1. The number of benzene rings is 2. The third-order valence-corrected chi connectivity index (χ3v) is 5.48. The van der Waals surface area contributed by atoms with E-state index in [0.29, 0.717) is 17.7 Å². The Labute approximate surface area is 166 Å². The van der Waals surface area contributed by atoms with E-state index in [1.807, 2.05) is 18.2 Å². The molecule has 4 nitrogen and oxygen atoms in total. The minimum Gasteiger partial charge on any atom is -0.355 e. The van der Waals surface area contributed by atoms with Gasteiger partial charge in [0.2, 0.25) is 0 Å². The molecule has 1 amide bonds. The van der Waals surface area contributed by atoms with E-state index in [-0.39, 0.29) is 17.4 Å². The van der Waals surface area contributed by atoms with Gasteiger partial charge in [-0.15, -0.1) is 0 Å². The maximum absolute atomic E-state index is 14.1. The number of fused-ring (bicyclic) bond motifs is 1. The van der Waals surface area contributed by atoms with Gasteiger partial charge in [-0.25, -0.2) is 4.39 Å². The van der Waals surface area contributed by atoms with Crippen LogP contribution >= 0.6 is 11.3 Å². The average molecular weight is 394 g/mol. The van der Waals surface area contributed by atoms with E-state index in [1.165, 1.54) is 17.4 Å². The molecular formula is C22H19FN2O2S. The molecule has 0 atom stereocenters. The monoisotopic (exact) mass is 394 g/mol. The van der Waals surface area contributed by atoms with Gasteiger partial charge in [0.15, 0.2) is 5.78 Å². The number of amides is 1. The molecular weight excluding hydrogens is 375 g/mol. The van der Waals surface area contributed by atoms with Crippen LogP contribution in [-0.4, -0.2) is 11.7 Å². The molecule has 6 heteroatoms. The number of halogens is 1. The lowest BCUT2D eigenvalue weighted by Gasteiger charge is -2.12. The molecule has 142 valence electrons. The lowest BCUT2D eigenvalue weighted by atomic mass is 10.0. The summed E-state index contributed by atoms with van der Waals surface area (Å²) in [7, 11) is 0. The minimum absolute atomic E-state index is 0.117. The molecule has 0 saturated carbocycles. The quantitative estimate of drug-likeness (QED) is 0.551. The molecule has 1 aliphatic carbocycles. The normalized spacial score (nSPS) is 13.5. The van der Waals surface area contributed by atoms with E-state index >= 15 is 0 Å². The number of hydrogen-bond acceptors (Lipinski definition) is 4. The summed E-state index contributed by atoms with van der Waals surface area (Å²) in [5.41, 5.74) is 3.94. The van der Waals surface area contributed by atoms with Crippen molar-refractivity contribution < 1.29 is 14.0 Å². The molecule has 1 heterocycles. The number of thiophene rings is 1. The van der Waals surface area contributed by atoms with Gasteiger partial charge < -0.3 is 10.6 Å². The Kier molecular flexibility index (Phi) is 5.21. The maximum Gasteiger partial charge on any atom is 0.256 e. The number of anilines is 3. The van der Waals surface area contributed by atoms with Gasteiger partial charge in [0, 0.05) is 28.7 Å². The van der Waals surface area contributed by atoms with Crippen molar-refractivity contribution in [1.82, 2.24) is 0 Å². The van der Waals surface area contributed by atoms with Crippen molar-refractivity contribution in [1.29, 1.82) is 0 Å². The fraction of sp³-hybridized carbons (Fsp3) is 0.182. The predicted molar refractivity (Wildman–Crippen MR) is 110 cm³/mol. The van der Waals surface area contributed by atoms with Crippen molar-refractivity contribution in [3.05, 3.63) is 75.7 Å². The van der Waals surface area contributed by atoms with Gasteiger partial charge >= 0.3 is 0 Å². The van der Waals surface area contributed by atoms with Crippen LogP contribution in [0.2, 0.25) is 0 Å². The number of aryl methyl sites for hydroxylation is 1. The smallest absolute Gasteiger partial charge is 0.256 e. The van der Waals surface area contributed by atoms with Gasteiger partial charge in [-0.3, -0.25) is 9.59 Å². The van der Waals surface area contributed by atoms with Crippen molar-refractivity contribution in [2.75, 3.05) is 10.6 Å². The van der Waals surface area contributed by atoms with Crippen LogP contribution in [0.5, 0.6) is 0 Å². The van der Waals surface area contributed by atoms with Crippen LogP contribution in [0.15, 0.2) is 53.2 Å². The minimum atomic E-state index is -0.498. The molecule has 0 bridgehead atoms. The molecule has 2 aromatic carbocycles. The summed E-state index contributed by atoms with van der Waals surface area (Å²) >= 11 is 1.41. The molecule has 0 radical (unpaired) electrons. The molecule has 1 aromatic heterocycles. The zero-order chi connectivity index (χ0) is 19.5. The van der Waals surface area contributed by atoms with Gasteiger partial charge in [0.1, 0.15) is 5.82 Å². The Morgan fingerprint density at radius 3 is 2.61 bits per heavy atom. The van der Waals surface area contributed by atoms with Crippen molar-refractivity contribution >= 4 is 40.1 Å². The Balaban J connectivity index is 1.55. The fourth-order valence-electron chi connectivity index (χ4n) is 3.34. The molecule has 0 aliphatic heterocycles. The molecule has 0 spiro atoms. The summed E-state index contributed by atoms with van der Waals surface area (Å²) in [5.74, 6) is -0.651. The first-order valence-electron chi connectivity index (χ1n) is 9.16. The van der Waals surface area contributed by atoms with E-state index < -0.39 is 5.82 Å². The van der Waals surface area contributed by atoms with Crippen LogP contribution < -0.4 is 10.6 Å². The maximum atomic E-state index is 14.1. The summed E-state index contributed by atoms with van der Waals surface area (Å²) in [5, 5.41) is 9.36. The predicted octanol–water partition coefficient (Wildman–Crippen LogP) is 5.79. The van der Waals surface area contributed by atoms with Crippen LogP contribution in [0.4, 0.5) is 21.5 Å². The highest BCUT2D eigenvalue weighted by Crippen LogP contribution is 2.27. The van der Waals surface area contributed by atoms with Crippen LogP contribution in [-0.2, 0) is 6.42 Å². The zero-order valence-corrected chi connectivity index (χ0v) is 15.9. The van der Waals surface area contributed by atoms with Crippen molar-refractivity contribution in [2.24, 2.45) is 0 Å². The third-order valence-electron chi connectivity index (χ3n) is 4.79. The second-order valence-corrected chi connectivity index (χ2v) is 7.57. The van der Waals surface area contributed by atoms with Gasteiger partial charge in [-0.05, 0) is 72.7 Å². The zero-order valence-electron chi connectivity index (χ0n) is 15.1. The van der Waals surface area contributed by atoms with Crippen molar-refractivity contribution in [3.8, 4) is 0 Å². The van der Waals surface area contributed by atoms with Gasteiger partial charge in [-0.2, -0.15) is 11.3 Å². The molecule has 1 aliphatic rings. The van der Waals surface area contributed by atoms with E-state index in [2.05, 4.69) is 10.6 Å². The first-order valence-corrected chi connectivity index (χ1v) is 10.1. The number of ketones is 1. The molecule has 3 aromatic rings. The highest BCUT2D eigenvalue weighted by atomic mass is 32.1. The number of rotatable bonds is 4. The lowest BCUT2D eigenvalue weighted by molar-refractivity contribution is 0.0980. The second kappa shape index (κ2) is 7.94. The number of carbonyl (C=O) groups excluding carboxylic acids is 2. The average Bonchev–Trinajstić information content (AvgIpc) is 3.16. The Hall–Kier alpha value is -2.99. The lowest BCUT2D eigenvalue weighted by Crippen LogP contribution is -2.12. The largest absolute Gasteiger partial charge is 0.355 e. The van der Waals surface area contributed by atoms with E-state index in [0.717, 1.165) is 36.1 Å². The molecule has 2 N–H and O–H groups in total. The molecule has 0 fully saturated rings. The SMILES string of the molecule is O=C(Nc1cc(Nc2ccc3c(c2)CCCCC3=O)ccc1F)c1ccsc1. The van der Waals surface area contributed by atoms with E-state index in [9.17, 15) is 14.0 Å². The van der Waals surface area contributed by atoms with Crippen LogP contribution in [0.3, 0.4) is 0 Å². The first kappa shape index (κ1) is 18.4. The molecule has 28 heavy (non-hydrogen) atoms. The van der Waals surface area contributed by atoms with Crippen molar-refractivity contribution in [3.63, 3.8) is 0 Å². The van der Waals surface area contributed by atoms with Crippen LogP contribution in [0, 0.1) is 5.82 Å². The topological polar surface area (TPSA) is 58.2 Å². The van der Waals surface area contributed by atoms with Gasteiger partial charge in [0.05, 0.1) is 11.3 Å². The van der Waals surface area contributed by atoms with Crippen molar-refractivity contribution in [2.45, 2.75) is 25.7 Å². The Morgan fingerprint density at radius 2 is 1.79 bits per heavy atom. The fourth-order valence-corrected chi connectivity index (χ4v) is 3.98. The summed E-state index contributed by atoms with van der Waals surface area (Å²) in [4.78, 5) is 24.4. The van der Waals surface area contributed by atoms with Crippen LogP contribution in [0.1, 0.15) is 45.5 Å². The van der Waals surface area contributed by atoms with Crippen LogP contribution in [0.25, 0.3) is 0 Å². The number of nitrogens with one attached hydrogen (secondary N) is 2.